The van der Waals surface area contributed by atoms with E-state index in [0.717, 1.165) is 35.7 Å². The fourth-order valence-corrected chi connectivity index (χ4v) is 3.56. The number of rotatable bonds is 4. The van der Waals surface area contributed by atoms with Crippen LogP contribution in [-0.2, 0) is 6.54 Å². The van der Waals surface area contributed by atoms with Crippen molar-refractivity contribution in [1.82, 2.24) is 4.90 Å². The molecule has 1 aliphatic heterocycles. The van der Waals surface area contributed by atoms with Crippen molar-refractivity contribution in [3.63, 3.8) is 0 Å². The second kappa shape index (κ2) is 7.08. The molecule has 0 saturated heterocycles. The zero-order chi connectivity index (χ0) is 19.0. The third-order valence-corrected chi connectivity index (χ3v) is 4.81. The third-order valence-electron chi connectivity index (χ3n) is 4.81. The van der Waals surface area contributed by atoms with Crippen LogP contribution in [0.2, 0.25) is 0 Å². The van der Waals surface area contributed by atoms with Crippen LogP contribution in [0.5, 0.6) is 11.5 Å². The summed E-state index contributed by atoms with van der Waals surface area (Å²) >= 11 is 0. The predicted octanol–water partition coefficient (Wildman–Crippen LogP) is 4.28. The van der Waals surface area contributed by atoms with E-state index in [4.69, 9.17) is 13.9 Å². The molecule has 2 aromatic carbocycles. The van der Waals surface area contributed by atoms with Gasteiger partial charge < -0.3 is 13.9 Å². The van der Waals surface area contributed by atoms with Crippen LogP contribution in [0.1, 0.15) is 19.4 Å². The van der Waals surface area contributed by atoms with Gasteiger partial charge in [-0.05, 0) is 35.7 Å². The summed E-state index contributed by atoms with van der Waals surface area (Å²) in [6, 6.07) is 11.1. The van der Waals surface area contributed by atoms with Crippen LogP contribution in [-0.4, -0.2) is 25.3 Å². The van der Waals surface area contributed by atoms with Gasteiger partial charge in [0.2, 0.25) is 5.43 Å². The Morgan fingerprint density at radius 3 is 2.63 bits per heavy atom. The van der Waals surface area contributed by atoms with Gasteiger partial charge in [-0.15, -0.1) is 0 Å². The minimum absolute atomic E-state index is 0.0369. The van der Waals surface area contributed by atoms with Gasteiger partial charge in [0.05, 0.1) is 23.6 Å². The Bertz CT molecular complexity index is 1020. The van der Waals surface area contributed by atoms with Crippen LogP contribution < -0.4 is 14.9 Å². The lowest BCUT2D eigenvalue weighted by molar-refractivity contribution is 0.0848. The standard InChI is InChI=1S/C22H23NO4/c1-14(2)10-23-11-18-20(27-13-23)9-8-17-21(24)19(12-26-22(17)18)15-4-6-16(25-3)7-5-15/h4-9,12,14H,10-11,13H2,1-3H3. The molecule has 5 heteroatoms. The zero-order valence-corrected chi connectivity index (χ0v) is 15.8. The normalized spacial score (nSPS) is 14.2. The molecule has 0 N–H and O–H groups in total. The maximum atomic E-state index is 13.1. The van der Waals surface area contributed by atoms with Crippen molar-refractivity contribution < 1.29 is 13.9 Å². The van der Waals surface area contributed by atoms with Gasteiger partial charge in [0.15, 0.2) is 0 Å². The maximum Gasteiger partial charge on any atom is 0.200 e. The quantitative estimate of drug-likeness (QED) is 0.691. The highest BCUT2D eigenvalue weighted by molar-refractivity contribution is 5.85. The highest BCUT2D eigenvalue weighted by Gasteiger charge is 2.23. The minimum atomic E-state index is -0.0369. The summed E-state index contributed by atoms with van der Waals surface area (Å²) in [5.74, 6) is 2.09. The van der Waals surface area contributed by atoms with E-state index in [9.17, 15) is 4.79 Å². The Kier molecular flexibility index (Phi) is 4.62. The molecular weight excluding hydrogens is 342 g/mol. The smallest absolute Gasteiger partial charge is 0.200 e. The predicted molar refractivity (Wildman–Crippen MR) is 105 cm³/mol. The molecule has 0 amide bonds. The molecule has 5 nitrogen and oxygen atoms in total. The van der Waals surface area contributed by atoms with Crippen LogP contribution in [0, 0.1) is 5.92 Å². The maximum absolute atomic E-state index is 13.1. The summed E-state index contributed by atoms with van der Waals surface area (Å²) in [5, 5.41) is 0.581. The van der Waals surface area contributed by atoms with Crippen molar-refractivity contribution in [3.8, 4) is 22.6 Å². The van der Waals surface area contributed by atoms with Crippen molar-refractivity contribution in [2.75, 3.05) is 20.4 Å². The van der Waals surface area contributed by atoms with E-state index in [1.54, 1.807) is 19.4 Å². The monoisotopic (exact) mass is 365 g/mol. The van der Waals surface area contributed by atoms with Gasteiger partial charge in [-0.1, -0.05) is 26.0 Å². The first kappa shape index (κ1) is 17.6. The molecule has 0 atom stereocenters. The van der Waals surface area contributed by atoms with Gasteiger partial charge >= 0.3 is 0 Å². The van der Waals surface area contributed by atoms with Crippen LogP contribution in [0.15, 0.2) is 51.9 Å². The van der Waals surface area contributed by atoms with Gasteiger partial charge in [-0.2, -0.15) is 0 Å². The van der Waals surface area contributed by atoms with Crippen molar-refractivity contribution in [2.24, 2.45) is 5.92 Å². The Labute approximate surface area is 158 Å². The molecule has 0 spiro atoms. The summed E-state index contributed by atoms with van der Waals surface area (Å²) in [5.41, 5.74) is 2.87. The zero-order valence-electron chi connectivity index (χ0n) is 15.8. The minimum Gasteiger partial charge on any atom is -0.497 e. The first-order chi connectivity index (χ1) is 13.1. The molecule has 27 heavy (non-hydrogen) atoms. The van der Waals surface area contributed by atoms with E-state index >= 15 is 0 Å². The van der Waals surface area contributed by atoms with Gasteiger partial charge in [-0.3, -0.25) is 9.69 Å². The number of fused-ring (bicyclic) bond motifs is 3. The highest BCUT2D eigenvalue weighted by atomic mass is 16.5. The van der Waals surface area contributed by atoms with E-state index < -0.39 is 0 Å². The lowest BCUT2D eigenvalue weighted by Crippen LogP contribution is -2.34. The lowest BCUT2D eigenvalue weighted by Gasteiger charge is -2.30. The molecule has 0 radical (unpaired) electrons. The Balaban J connectivity index is 1.77. The molecule has 1 aromatic heterocycles. The SMILES string of the molecule is COc1ccc(-c2coc3c4c(ccc3c2=O)OCN(CC(C)C)C4)cc1. The molecule has 0 saturated carbocycles. The molecule has 0 unspecified atom stereocenters. The highest BCUT2D eigenvalue weighted by Crippen LogP contribution is 2.32. The Morgan fingerprint density at radius 2 is 1.93 bits per heavy atom. The van der Waals surface area contributed by atoms with Crippen LogP contribution in [0.4, 0.5) is 0 Å². The summed E-state index contributed by atoms with van der Waals surface area (Å²) < 4.78 is 17.0. The van der Waals surface area contributed by atoms with Crippen LogP contribution in [0.3, 0.4) is 0 Å². The largest absolute Gasteiger partial charge is 0.497 e. The Hall–Kier alpha value is -2.79. The van der Waals surface area contributed by atoms with E-state index in [2.05, 4.69) is 18.7 Å². The second-order valence-electron chi connectivity index (χ2n) is 7.30. The van der Waals surface area contributed by atoms with E-state index in [1.807, 2.05) is 30.3 Å². The van der Waals surface area contributed by atoms with E-state index in [1.165, 1.54) is 0 Å². The lowest BCUT2D eigenvalue weighted by atomic mass is 10.0. The van der Waals surface area contributed by atoms with Crippen molar-refractivity contribution in [2.45, 2.75) is 20.4 Å². The third kappa shape index (κ3) is 3.30. The fourth-order valence-electron chi connectivity index (χ4n) is 3.56. The molecule has 4 rings (SSSR count). The average Bonchev–Trinajstić information content (AvgIpc) is 2.68. The van der Waals surface area contributed by atoms with Crippen LogP contribution >= 0.6 is 0 Å². The number of ether oxygens (including phenoxy) is 2. The summed E-state index contributed by atoms with van der Waals surface area (Å²) in [6.45, 7) is 6.57. The number of nitrogens with zero attached hydrogens (tertiary/aromatic N) is 1. The van der Waals surface area contributed by atoms with Gasteiger partial charge in [-0.25, -0.2) is 0 Å². The second-order valence-corrected chi connectivity index (χ2v) is 7.30. The number of benzene rings is 2. The topological polar surface area (TPSA) is 51.9 Å². The summed E-state index contributed by atoms with van der Waals surface area (Å²) in [4.78, 5) is 15.3. The first-order valence-electron chi connectivity index (χ1n) is 9.14. The summed E-state index contributed by atoms with van der Waals surface area (Å²) in [6.07, 6.45) is 1.55. The van der Waals surface area contributed by atoms with E-state index in [0.29, 0.717) is 29.2 Å². The molecule has 1 aliphatic rings. The Morgan fingerprint density at radius 1 is 1.15 bits per heavy atom. The van der Waals surface area contributed by atoms with Gasteiger partial charge in [0.25, 0.3) is 0 Å². The average molecular weight is 365 g/mol. The van der Waals surface area contributed by atoms with Crippen LogP contribution in [0.25, 0.3) is 22.1 Å². The molecule has 0 bridgehead atoms. The fraction of sp³-hybridized carbons (Fsp3) is 0.318. The van der Waals surface area contributed by atoms with Crippen molar-refractivity contribution in [1.29, 1.82) is 0 Å². The van der Waals surface area contributed by atoms with Gasteiger partial charge in [0, 0.05) is 13.1 Å². The molecule has 3 aromatic rings. The molecule has 140 valence electrons. The molecular formula is C22H23NO4. The van der Waals surface area contributed by atoms with E-state index in [-0.39, 0.29) is 5.43 Å². The van der Waals surface area contributed by atoms with Gasteiger partial charge in [0.1, 0.15) is 30.1 Å². The molecule has 2 heterocycles. The van der Waals surface area contributed by atoms with Crippen molar-refractivity contribution >= 4 is 11.0 Å². The van der Waals surface area contributed by atoms with Crippen molar-refractivity contribution in [3.05, 3.63) is 58.4 Å². The summed E-state index contributed by atoms with van der Waals surface area (Å²) in [7, 11) is 1.62. The number of hydrogen-bond acceptors (Lipinski definition) is 5. The molecule has 0 fully saturated rings. The number of hydrogen-bond donors (Lipinski definition) is 0. The number of methoxy groups -OCH3 is 1. The molecule has 0 aliphatic carbocycles. The first-order valence-corrected chi connectivity index (χ1v) is 9.14.